The minimum atomic E-state index is 0.918. The van der Waals surface area contributed by atoms with Crippen molar-refractivity contribution in [2.24, 2.45) is 0 Å². The molecule has 2 aromatic heterocycles. The number of hydrogen-bond acceptors (Lipinski definition) is 5. The Morgan fingerprint density at radius 2 is 1.04 bits per heavy atom. The summed E-state index contributed by atoms with van der Waals surface area (Å²) >= 11 is 0. The number of nitrogens with zero attached hydrogens (tertiary/aromatic N) is 4. The molecule has 56 heavy (non-hydrogen) atoms. The molecule has 0 fully saturated rings. The monoisotopic (exact) mass is 775 g/mol. The van der Waals surface area contributed by atoms with Crippen molar-refractivity contribution in [2.45, 2.75) is 52.2 Å². The molecule has 0 aliphatic carbocycles. The van der Waals surface area contributed by atoms with Crippen molar-refractivity contribution >= 4 is 57.3 Å². The first-order valence-electron chi connectivity index (χ1n) is 20.0. The largest absolute Gasteiger partial charge is 0.367 e. The fraction of sp³-hybridized carbons (Fsp3) is 0.240. The molecule has 286 valence electrons. The third-order valence-electron chi connectivity index (χ3n) is 9.74. The van der Waals surface area contributed by atoms with Crippen LogP contribution in [0.15, 0.2) is 158 Å². The maximum absolute atomic E-state index is 4.40. The lowest BCUT2D eigenvalue weighted by molar-refractivity contribution is -0.695. The number of aromatic nitrogens is 2. The third-order valence-corrected chi connectivity index (χ3v) is 12.3. The van der Waals surface area contributed by atoms with E-state index in [1.54, 1.807) is 0 Å². The number of rotatable bonds is 22. The van der Waals surface area contributed by atoms with E-state index in [2.05, 4.69) is 184 Å². The van der Waals surface area contributed by atoms with Crippen LogP contribution >= 0.6 is 21.6 Å². The van der Waals surface area contributed by atoms with Crippen molar-refractivity contribution in [3.8, 4) is 0 Å². The highest BCUT2D eigenvalue weighted by Gasteiger charge is 2.10. The maximum Gasteiger partial charge on any atom is 0.205 e. The summed E-state index contributed by atoms with van der Waals surface area (Å²) in [7, 11) is 4.08. The average Bonchev–Trinajstić information content (AvgIpc) is 3.26. The van der Waals surface area contributed by atoms with Crippen LogP contribution in [0.1, 0.15) is 66.2 Å². The van der Waals surface area contributed by atoms with Crippen LogP contribution < -0.4 is 14.4 Å². The molecule has 0 saturated heterocycles. The van der Waals surface area contributed by atoms with E-state index in [-0.39, 0.29) is 0 Å². The number of pyridine rings is 2. The first kappa shape index (κ1) is 40.6. The molecular weight excluding hydrogens is 721 g/mol. The molecule has 6 heteroatoms. The summed E-state index contributed by atoms with van der Waals surface area (Å²) in [5.41, 5.74) is 9.84. The van der Waals surface area contributed by atoms with Gasteiger partial charge in [0.25, 0.3) is 0 Å². The van der Waals surface area contributed by atoms with Crippen LogP contribution in [0.5, 0.6) is 0 Å². The van der Waals surface area contributed by atoms with E-state index in [9.17, 15) is 0 Å². The molecular formula is C50H55N4S2+. The molecule has 6 aromatic rings. The summed E-state index contributed by atoms with van der Waals surface area (Å²) in [6.45, 7) is 7.08. The summed E-state index contributed by atoms with van der Waals surface area (Å²) in [6.07, 6.45) is 17.4. The van der Waals surface area contributed by atoms with Gasteiger partial charge in [-0.15, -0.1) is 0 Å². The van der Waals surface area contributed by atoms with Crippen LogP contribution in [0.4, 0.5) is 11.4 Å². The van der Waals surface area contributed by atoms with Gasteiger partial charge >= 0.3 is 0 Å². The lowest BCUT2D eigenvalue weighted by atomic mass is 10.1. The van der Waals surface area contributed by atoms with Gasteiger partial charge in [-0.05, 0) is 109 Å². The second-order valence-corrected chi connectivity index (χ2v) is 16.6. The molecule has 0 spiro atoms. The minimum Gasteiger partial charge on any atom is -0.367 e. The quantitative estimate of drug-likeness (QED) is 0.0388. The standard InChI is InChI=1S/C50H55N4S2/c1-2-52-36-12-10-22-48(52)30-24-44-27-33-50(34-28-44)54(42-46-19-7-4-8-20-46)38-14-16-40-56-55-39-15-13-37-53(41-45-17-5-3-6-18-45)49-31-25-43(26-32-49)23-29-47-21-9-11-35-51-47/h3-12,17-36H,2,13-16,37-42H2,1H3/q+1/b29-23+. The van der Waals surface area contributed by atoms with Gasteiger partial charge in [-0.2, -0.15) is 4.57 Å². The van der Waals surface area contributed by atoms with Gasteiger partial charge in [0.05, 0.1) is 5.69 Å². The van der Waals surface area contributed by atoms with Crippen LogP contribution in [-0.4, -0.2) is 29.6 Å². The number of benzene rings is 4. The van der Waals surface area contributed by atoms with Gasteiger partial charge in [0, 0.05) is 73.5 Å². The predicted octanol–water partition coefficient (Wildman–Crippen LogP) is 12.4. The minimum absolute atomic E-state index is 0.918. The molecule has 0 saturated carbocycles. The highest BCUT2D eigenvalue weighted by molar-refractivity contribution is 8.76. The molecule has 0 aliphatic heterocycles. The first-order valence-corrected chi connectivity index (χ1v) is 22.5. The molecule has 0 unspecified atom stereocenters. The van der Waals surface area contributed by atoms with Crippen LogP contribution in [0, 0.1) is 0 Å². The molecule has 0 radical (unpaired) electrons. The summed E-state index contributed by atoms with van der Waals surface area (Å²) in [5.74, 6) is 2.37. The molecule has 2 heterocycles. The number of hydrogen-bond donors (Lipinski definition) is 0. The van der Waals surface area contributed by atoms with Crippen LogP contribution in [0.3, 0.4) is 0 Å². The van der Waals surface area contributed by atoms with Gasteiger partial charge in [0.1, 0.15) is 6.54 Å². The Morgan fingerprint density at radius 3 is 1.55 bits per heavy atom. The number of aryl methyl sites for hydroxylation is 1. The Balaban J connectivity index is 0.930. The Morgan fingerprint density at radius 1 is 0.518 bits per heavy atom. The van der Waals surface area contributed by atoms with Crippen molar-refractivity contribution < 1.29 is 4.57 Å². The molecule has 6 rings (SSSR count). The first-order chi connectivity index (χ1) is 27.7. The van der Waals surface area contributed by atoms with E-state index in [1.807, 2.05) is 46.0 Å². The van der Waals surface area contributed by atoms with E-state index in [0.717, 1.165) is 38.4 Å². The summed E-state index contributed by atoms with van der Waals surface area (Å²) in [4.78, 5) is 9.47. The Bertz CT molecular complexity index is 2030. The molecule has 0 bridgehead atoms. The molecule has 4 nitrogen and oxygen atoms in total. The zero-order valence-corrected chi connectivity index (χ0v) is 34.3. The summed E-state index contributed by atoms with van der Waals surface area (Å²) < 4.78 is 2.26. The highest BCUT2D eigenvalue weighted by Crippen LogP contribution is 2.26. The fourth-order valence-corrected chi connectivity index (χ4v) is 8.90. The lowest BCUT2D eigenvalue weighted by Crippen LogP contribution is -2.34. The number of anilines is 2. The second-order valence-electron chi connectivity index (χ2n) is 13.9. The van der Waals surface area contributed by atoms with Gasteiger partial charge in [0.15, 0.2) is 6.20 Å². The van der Waals surface area contributed by atoms with Crippen molar-refractivity contribution in [3.05, 3.63) is 192 Å². The fourth-order valence-electron chi connectivity index (χ4n) is 6.61. The Kier molecular flexibility index (Phi) is 16.8. The maximum atomic E-state index is 4.40. The van der Waals surface area contributed by atoms with Gasteiger partial charge in [0.2, 0.25) is 5.69 Å². The van der Waals surface area contributed by atoms with E-state index in [0.29, 0.717) is 0 Å². The van der Waals surface area contributed by atoms with Crippen molar-refractivity contribution in [1.29, 1.82) is 0 Å². The van der Waals surface area contributed by atoms with Crippen molar-refractivity contribution in [1.82, 2.24) is 4.98 Å². The summed E-state index contributed by atoms with van der Waals surface area (Å²) in [6, 6.07) is 52.0. The summed E-state index contributed by atoms with van der Waals surface area (Å²) in [5, 5.41) is 0. The Hall–Kier alpha value is -5.04. The van der Waals surface area contributed by atoms with Crippen molar-refractivity contribution in [2.75, 3.05) is 34.4 Å². The molecule has 4 aromatic carbocycles. The SMILES string of the molecule is CC[n+]1ccccc1/C=C/c1ccc(N(CCCCSSCCCCN(Cc2ccccc2)c2ccc(/C=C/c3ccccn3)cc2)Cc2ccccc2)cc1. The normalized spacial score (nSPS) is 11.4. The Labute approximate surface area is 343 Å². The van der Waals surface area contributed by atoms with Gasteiger partial charge in [-0.25, -0.2) is 0 Å². The predicted molar refractivity (Wildman–Crippen MR) is 246 cm³/mol. The highest BCUT2D eigenvalue weighted by atomic mass is 33.1. The number of unbranched alkanes of at least 4 members (excludes halogenated alkanes) is 2. The third kappa shape index (κ3) is 13.6. The van der Waals surface area contributed by atoms with Gasteiger partial charge in [-0.3, -0.25) is 4.98 Å². The molecule has 0 amide bonds. The van der Waals surface area contributed by atoms with Gasteiger partial charge in [-0.1, -0.05) is 119 Å². The molecule has 0 N–H and O–H groups in total. The van der Waals surface area contributed by atoms with E-state index < -0.39 is 0 Å². The average molecular weight is 776 g/mol. The van der Waals surface area contributed by atoms with E-state index in [4.69, 9.17) is 0 Å². The van der Waals surface area contributed by atoms with Crippen LogP contribution in [0.2, 0.25) is 0 Å². The molecule has 0 atom stereocenters. The second kappa shape index (κ2) is 23.1. The topological polar surface area (TPSA) is 23.2 Å². The zero-order valence-electron chi connectivity index (χ0n) is 32.7. The van der Waals surface area contributed by atoms with Crippen LogP contribution in [0.25, 0.3) is 24.3 Å². The van der Waals surface area contributed by atoms with Crippen molar-refractivity contribution in [3.63, 3.8) is 0 Å². The smallest absolute Gasteiger partial charge is 0.205 e. The van der Waals surface area contributed by atoms with E-state index in [1.165, 1.54) is 76.5 Å². The molecule has 0 aliphatic rings. The van der Waals surface area contributed by atoms with E-state index >= 15 is 0 Å². The zero-order chi connectivity index (χ0) is 38.5. The van der Waals surface area contributed by atoms with Gasteiger partial charge < -0.3 is 9.80 Å². The lowest BCUT2D eigenvalue weighted by Gasteiger charge is -2.25. The van der Waals surface area contributed by atoms with Crippen LogP contribution in [-0.2, 0) is 19.6 Å².